The van der Waals surface area contributed by atoms with E-state index in [4.69, 9.17) is 23.2 Å². The Hall–Kier alpha value is -2.05. The van der Waals surface area contributed by atoms with E-state index in [-0.39, 0.29) is 6.54 Å². The van der Waals surface area contributed by atoms with Crippen molar-refractivity contribution < 1.29 is 0 Å². The summed E-state index contributed by atoms with van der Waals surface area (Å²) in [5, 5.41) is 1.01. The van der Waals surface area contributed by atoms with Crippen molar-refractivity contribution in [3.8, 4) is 0 Å². The van der Waals surface area contributed by atoms with Crippen molar-refractivity contribution in [2.75, 3.05) is 0 Å². The molecule has 1 N–H and O–H groups in total. The molecule has 2 aromatic heterocycles. The van der Waals surface area contributed by atoms with E-state index in [1.807, 2.05) is 0 Å². The van der Waals surface area contributed by atoms with Crippen LogP contribution in [0.15, 0.2) is 34.1 Å². The van der Waals surface area contributed by atoms with E-state index in [1.165, 1.54) is 10.9 Å². The van der Waals surface area contributed by atoms with E-state index in [0.29, 0.717) is 26.8 Å². The zero-order chi connectivity index (χ0) is 15.1. The van der Waals surface area contributed by atoms with Crippen molar-refractivity contribution in [3.05, 3.63) is 61.0 Å². The predicted molar refractivity (Wildman–Crippen MR) is 81.2 cm³/mol. The molecule has 0 atom stereocenters. The molecule has 0 aliphatic rings. The van der Waals surface area contributed by atoms with Gasteiger partial charge in [0.05, 0.1) is 12.9 Å². The highest BCUT2D eigenvalue weighted by Crippen LogP contribution is 2.25. The van der Waals surface area contributed by atoms with Crippen LogP contribution in [-0.2, 0) is 13.6 Å². The smallest absolute Gasteiger partial charge is 0.320 e. The van der Waals surface area contributed by atoms with Crippen LogP contribution in [0.2, 0.25) is 10.0 Å². The average molecular weight is 325 g/mol. The number of fused-ring (bicyclic) bond motifs is 1. The van der Waals surface area contributed by atoms with E-state index < -0.39 is 11.2 Å². The number of aromatic nitrogens is 4. The minimum Gasteiger partial charge on any atom is -0.320 e. The number of hydrogen-bond acceptors (Lipinski definition) is 3. The Morgan fingerprint density at radius 3 is 2.57 bits per heavy atom. The van der Waals surface area contributed by atoms with Gasteiger partial charge in [-0.3, -0.25) is 14.3 Å². The van der Waals surface area contributed by atoms with Crippen molar-refractivity contribution in [2.24, 2.45) is 7.05 Å². The van der Waals surface area contributed by atoms with Gasteiger partial charge >= 0.3 is 5.69 Å². The zero-order valence-electron chi connectivity index (χ0n) is 10.9. The highest BCUT2D eigenvalue weighted by molar-refractivity contribution is 6.35. The molecular formula is C13H10Cl2N4O2. The summed E-state index contributed by atoms with van der Waals surface area (Å²) in [7, 11) is 1.54. The normalized spacial score (nSPS) is 11.2. The summed E-state index contributed by atoms with van der Waals surface area (Å²) in [6, 6.07) is 5.19. The summed E-state index contributed by atoms with van der Waals surface area (Å²) in [6.45, 7) is 0.288. The van der Waals surface area contributed by atoms with Crippen LogP contribution < -0.4 is 11.2 Å². The Kier molecular flexibility index (Phi) is 3.35. The molecule has 0 spiro atoms. The largest absolute Gasteiger partial charge is 0.329 e. The van der Waals surface area contributed by atoms with Crippen molar-refractivity contribution in [2.45, 2.75) is 6.54 Å². The summed E-state index contributed by atoms with van der Waals surface area (Å²) in [5.41, 5.74) is 0.302. The van der Waals surface area contributed by atoms with Gasteiger partial charge in [-0.25, -0.2) is 9.78 Å². The fourth-order valence-corrected chi connectivity index (χ4v) is 2.68. The van der Waals surface area contributed by atoms with Crippen LogP contribution >= 0.6 is 23.2 Å². The molecule has 21 heavy (non-hydrogen) atoms. The van der Waals surface area contributed by atoms with Crippen molar-refractivity contribution >= 4 is 34.4 Å². The SMILES string of the molecule is Cn1c(=O)[nH]c(=O)c2c1ncn2Cc1c(Cl)cccc1Cl. The highest BCUT2D eigenvalue weighted by atomic mass is 35.5. The fourth-order valence-electron chi connectivity index (χ4n) is 2.16. The molecule has 0 saturated heterocycles. The third-order valence-corrected chi connectivity index (χ3v) is 3.97. The first-order chi connectivity index (χ1) is 9.99. The molecule has 0 unspecified atom stereocenters. The third-order valence-electron chi connectivity index (χ3n) is 3.27. The molecule has 0 radical (unpaired) electrons. The van der Waals surface area contributed by atoms with Crippen LogP contribution in [0.4, 0.5) is 0 Å². The maximum Gasteiger partial charge on any atom is 0.329 e. The molecule has 0 bridgehead atoms. The van der Waals surface area contributed by atoms with Gasteiger partial charge in [0.1, 0.15) is 0 Å². The molecule has 1 aromatic carbocycles. The minimum absolute atomic E-state index is 0.288. The van der Waals surface area contributed by atoms with Crippen LogP contribution in [-0.4, -0.2) is 19.1 Å². The Morgan fingerprint density at radius 2 is 1.90 bits per heavy atom. The maximum atomic E-state index is 12.0. The first-order valence-corrected chi connectivity index (χ1v) is 6.81. The zero-order valence-corrected chi connectivity index (χ0v) is 12.4. The second kappa shape index (κ2) is 5.05. The Morgan fingerprint density at radius 1 is 1.24 bits per heavy atom. The monoisotopic (exact) mass is 324 g/mol. The Labute approximate surface area is 128 Å². The second-order valence-corrected chi connectivity index (χ2v) is 5.38. The molecular weight excluding hydrogens is 315 g/mol. The van der Waals surface area contributed by atoms with Crippen LogP contribution in [0.5, 0.6) is 0 Å². The van der Waals surface area contributed by atoms with Crippen LogP contribution in [0.25, 0.3) is 11.2 Å². The summed E-state index contributed by atoms with van der Waals surface area (Å²) in [5.74, 6) is 0. The molecule has 0 fully saturated rings. The summed E-state index contributed by atoms with van der Waals surface area (Å²) < 4.78 is 2.89. The Bertz CT molecular complexity index is 935. The fraction of sp³-hybridized carbons (Fsp3) is 0.154. The molecule has 0 amide bonds. The van der Waals surface area contributed by atoms with E-state index >= 15 is 0 Å². The van der Waals surface area contributed by atoms with Gasteiger partial charge in [-0.2, -0.15) is 0 Å². The van der Waals surface area contributed by atoms with Gasteiger partial charge in [-0.05, 0) is 12.1 Å². The van der Waals surface area contributed by atoms with Gasteiger partial charge in [-0.1, -0.05) is 29.3 Å². The lowest BCUT2D eigenvalue weighted by molar-refractivity contribution is 0.806. The average Bonchev–Trinajstić information content (AvgIpc) is 2.85. The molecule has 108 valence electrons. The van der Waals surface area contributed by atoms with E-state index in [9.17, 15) is 9.59 Å². The third kappa shape index (κ3) is 2.26. The minimum atomic E-state index is -0.506. The summed E-state index contributed by atoms with van der Waals surface area (Å²) in [6.07, 6.45) is 1.49. The number of hydrogen-bond donors (Lipinski definition) is 1. The quantitative estimate of drug-likeness (QED) is 0.780. The van der Waals surface area contributed by atoms with E-state index in [1.54, 1.807) is 29.8 Å². The molecule has 2 heterocycles. The highest BCUT2D eigenvalue weighted by Gasteiger charge is 2.14. The number of rotatable bonds is 2. The van der Waals surface area contributed by atoms with Crippen LogP contribution in [0, 0.1) is 0 Å². The van der Waals surface area contributed by atoms with E-state index in [0.717, 1.165) is 0 Å². The number of benzene rings is 1. The number of H-pyrrole nitrogens is 1. The number of nitrogens with zero attached hydrogens (tertiary/aromatic N) is 3. The molecule has 0 aliphatic heterocycles. The molecule has 3 rings (SSSR count). The number of aryl methyl sites for hydroxylation is 1. The topological polar surface area (TPSA) is 72.7 Å². The first-order valence-electron chi connectivity index (χ1n) is 6.06. The van der Waals surface area contributed by atoms with Crippen LogP contribution in [0.3, 0.4) is 0 Å². The van der Waals surface area contributed by atoms with Gasteiger partial charge in [0.2, 0.25) is 0 Å². The molecule has 6 nitrogen and oxygen atoms in total. The van der Waals surface area contributed by atoms with Crippen molar-refractivity contribution in [3.63, 3.8) is 0 Å². The number of halogens is 2. The van der Waals surface area contributed by atoms with Gasteiger partial charge < -0.3 is 4.57 Å². The van der Waals surface area contributed by atoms with Gasteiger partial charge in [0.15, 0.2) is 11.2 Å². The first kappa shape index (κ1) is 13.9. The lowest BCUT2D eigenvalue weighted by Crippen LogP contribution is -2.29. The summed E-state index contributed by atoms with van der Waals surface area (Å²) >= 11 is 12.3. The number of aromatic amines is 1. The van der Waals surface area contributed by atoms with Gasteiger partial charge in [0.25, 0.3) is 5.56 Å². The second-order valence-electron chi connectivity index (χ2n) is 4.56. The lowest BCUT2D eigenvalue weighted by Gasteiger charge is -2.08. The van der Waals surface area contributed by atoms with Gasteiger partial charge in [-0.15, -0.1) is 0 Å². The molecule has 0 saturated carbocycles. The lowest BCUT2D eigenvalue weighted by atomic mass is 10.2. The maximum absolute atomic E-state index is 12.0. The number of nitrogens with one attached hydrogen (secondary N) is 1. The van der Waals surface area contributed by atoms with Crippen molar-refractivity contribution in [1.82, 2.24) is 19.1 Å². The van der Waals surface area contributed by atoms with Gasteiger partial charge in [0, 0.05) is 22.7 Å². The van der Waals surface area contributed by atoms with Crippen molar-refractivity contribution in [1.29, 1.82) is 0 Å². The number of imidazole rings is 1. The molecule has 3 aromatic rings. The Balaban J connectivity index is 2.21. The molecule has 0 aliphatic carbocycles. The predicted octanol–water partition coefficient (Wildman–Crippen LogP) is 1.78. The van der Waals surface area contributed by atoms with E-state index in [2.05, 4.69) is 9.97 Å². The van der Waals surface area contributed by atoms with Crippen LogP contribution in [0.1, 0.15) is 5.56 Å². The standard InChI is InChI=1S/C13H10Cl2N4O2/c1-18-11-10(12(20)17-13(18)21)19(6-16-11)5-7-8(14)3-2-4-9(7)15/h2-4,6H,5H2,1H3,(H,17,20,21). The summed E-state index contributed by atoms with van der Waals surface area (Å²) in [4.78, 5) is 29.9. The molecule has 8 heteroatoms.